The molecule has 2 rings (SSSR count). The van der Waals surface area contributed by atoms with Crippen molar-refractivity contribution in [3.63, 3.8) is 0 Å². The lowest BCUT2D eigenvalue weighted by Crippen LogP contribution is -1.98. The van der Waals surface area contributed by atoms with Crippen molar-refractivity contribution >= 4 is 10.9 Å². The zero-order chi connectivity index (χ0) is 9.97. The third-order valence-electron chi connectivity index (χ3n) is 2.04. The number of fused-ring (bicyclic) bond motifs is 1. The van der Waals surface area contributed by atoms with Gasteiger partial charge in [-0.15, -0.1) is 0 Å². The van der Waals surface area contributed by atoms with E-state index in [4.69, 9.17) is 0 Å². The number of aromatic nitrogens is 1. The van der Waals surface area contributed by atoms with E-state index in [1.54, 1.807) is 6.20 Å². The second-order valence-corrected chi connectivity index (χ2v) is 2.93. The molecule has 0 fully saturated rings. The molecular formula is C10H9F2NO. The average molecular weight is 197 g/mol. The van der Waals surface area contributed by atoms with Gasteiger partial charge in [-0.25, -0.2) is 0 Å². The van der Waals surface area contributed by atoms with Gasteiger partial charge in [-0.2, -0.15) is 8.78 Å². The van der Waals surface area contributed by atoms with Gasteiger partial charge in [0.15, 0.2) is 0 Å². The van der Waals surface area contributed by atoms with Crippen LogP contribution in [0.3, 0.4) is 0 Å². The van der Waals surface area contributed by atoms with Crippen molar-refractivity contribution in [2.45, 2.75) is 13.2 Å². The molecule has 0 radical (unpaired) electrons. The summed E-state index contributed by atoms with van der Waals surface area (Å²) in [5, 5.41) is 0.924. The fourth-order valence-corrected chi connectivity index (χ4v) is 1.40. The van der Waals surface area contributed by atoms with E-state index in [2.05, 4.69) is 9.72 Å². The van der Waals surface area contributed by atoms with E-state index in [0.717, 1.165) is 16.5 Å². The summed E-state index contributed by atoms with van der Waals surface area (Å²) in [7, 11) is 0. The Labute approximate surface area is 79.5 Å². The molecule has 0 atom stereocenters. The third kappa shape index (κ3) is 1.75. The van der Waals surface area contributed by atoms with Crippen molar-refractivity contribution in [1.82, 2.24) is 4.98 Å². The van der Waals surface area contributed by atoms with Gasteiger partial charge in [0.25, 0.3) is 0 Å². The van der Waals surface area contributed by atoms with Crippen LogP contribution in [-0.2, 0) is 11.3 Å². The van der Waals surface area contributed by atoms with Crippen molar-refractivity contribution in [3.8, 4) is 0 Å². The Morgan fingerprint density at radius 1 is 1.29 bits per heavy atom. The SMILES string of the molecule is FC(F)OCc1c[nH]c2ccccc12. The summed E-state index contributed by atoms with van der Waals surface area (Å²) in [5.74, 6) is 0. The van der Waals surface area contributed by atoms with Gasteiger partial charge in [0.1, 0.15) is 0 Å². The van der Waals surface area contributed by atoms with Gasteiger partial charge in [0.05, 0.1) is 6.61 Å². The smallest absolute Gasteiger partial charge is 0.345 e. The molecule has 0 aliphatic rings. The van der Waals surface area contributed by atoms with Gasteiger partial charge in [-0.05, 0) is 6.07 Å². The van der Waals surface area contributed by atoms with Crippen LogP contribution in [0.1, 0.15) is 5.56 Å². The molecule has 74 valence electrons. The molecule has 0 saturated heterocycles. The fourth-order valence-electron chi connectivity index (χ4n) is 1.40. The number of nitrogens with one attached hydrogen (secondary N) is 1. The fraction of sp³-hybridized carbons (Fsp3) is 0.200. The summed E-state index contributed by atoms with van der Waals surface area (Å²) < 4.78 is 27.8. The number of benzene rings is 1. The van der Waals surface area contributed by atoms with Crippen molar-refractivity contribution in [2.24, 2.45) is 0 Å². The molecule has 0 aliphatic heterocycles. The van der Waals surface area contributed by atoms with Crippen molar-refractivity contribution in [2.75, 3.05) is 0 Å². The Kier molecular flexibility index (Phi) is 2.45. The predicted molar refractivity (Wildman–Crippen MR) is 49.1 cm³/mol. The van der Waals surface area contributed by atoms with Crippen LogP contribution in [-0.4, -0.2) is 11.6 Å². The summed E-state index contributed by atoms with van der Waals surface area (Å²) in [6, 6.07) is 7.51. The maximum absolute atomic E-state index is 11.8. The Morgan fingerprint density at radius 3 is 2.86 bits per heavy atom. The van der Waals surface area contributed by atoms with Crippen molar-refractivity contribution < 1.29 is 13.5 Å². The maximum Gasteiger partial charge on any atom is 0.345 e. The maximum atomic E-state index is 11.8. The first-order valence-electron chi connectivity index (χ1n) is 4.22. The van der Waals surface area contributed by atoms with Gasteiger partial charge < -0.3 is 9.72 Å². The number of rotatable bonds is 3. The van der Waals surface area contributed by atoms with Crippen LogP contribution in [0.25, 0.3) is 10.9 Å². The van der Waals surface area contributed by atoms with E-state index in [1.807, 2.05) is 24.3 Å². The Hall–Kier alpha value is -1.42. The quantitative estimate of drug-likeness (QED) is 0.804. The zero-order valence-corrected chi connectivity index (χ0v) is 7.34. The molecule has 1 aromatic carbocycles. The normalized spacial score (nSPS) is 11.4. The number of para-hydroxylation sites is 1. The number of alkyl halides is 2. The minimum Gasteiger partial charge on any atom is -0.361 e. The molecule has 2 nitrogen and oxygen atoms in total. The number of H-pyrrole nitrogens is 1. The summed E-state index contributed by atoms with van der Waals surface area (Å²) in [5.41, 5.74) is 1.68. The zero-order valence-electron chi connectivity index (χ0n) is 7.34. The highest BCUT2D eigenvalue weighted by Crippen LogP contribution is 2.18. The van der Waals surface area contributed by atoms with Crippen LogP contribution in [0.15, 0.2) is 30.5 Å². The number of halogens is 2. The van der Waals surface area contributed by atoms with E-state index < -0.39 is 6.61 Å². The van der Waals surface area contributed by atoms with E-state index in [-0.39, 0.29) is 6.61 Å². The molecule has 1 heterocycles. The first-order chi connectivity index (χ1) is 6.77. The van der Waals surface area contributed by atoms with Crippen LogP contribution < -0.4 is 0 Å². The highest BCUT2D eigenvalue weighted by Gasteiger charge is 2.06. The minimum absolute atomic E-state index is 0.0678. The van der Waals surface area contributed by atoms with Gasteiger partial charge in [-0.1, -0.05) is 18.2 Å². The monoisotopic (exact) mass is 197 g/mol. The van der Waals surface area contributed by atoms with Crippen molar-refractivity contribution in [1.29, 1.82) is 0 Å². The molecule has 4 heteroatoms. The summed E-state index contributed by atoms with van der Waals surface area (Å²) in [6.45, 7) is -2.79. The van der Waals surface area contributed by atoms with Crippen LogP contribution >= 0.6 is 0 Å². The van der Waals surface area contributed by atoms with Gasteiger partial charge in [0.2, 0.25) is 0 Å². The lowest BCUT2D eigenvalue weighted by Gasteiger charge is -2.00. The number of aromatic amines is 1. The first-order valence-corrected chi connectivity index (χ1v) is 4.22. The van der Waals surface area contributed by atoms with Gasteiger partial charge >= 0.3 is 6.61 Å². The average Bonchev–Trinajstić information content (AvgIpc) is 2.58. The summed E-state index contributed by atoms with van der Waals surface area (Å²) >= 11 is 0. The molecule has 1 N–H and O–H groups in total. The standard InChI is InChI=1S/C10H9F2NO/c11-10(12)14-6-7-5-13-9-4-2-1-3-8(7)9/h1-5,10,13H,6H2. The topological polar surface area (TPSA) is 25.0 Å². The molecule has 0 bridgehead atoms. The second-order valence-electron chi connectivity index (χ2n) is 2.93. The summed E-state index contributed by atoms with van der Waals surface area (Å²) in [4.78, 5) is 2.99. The van der Waals surface area contributed by atoms with Crippen LogP contribution in [0.5, 0.6) is 0 Å². The number of ether oxygens (including phenoxy) is 1. The lowest BCUT2D eigenvalue weighted by atomic mass is 10.2. The first kappa shape index (κ1) is 9.15. The van der Waals surface area contributed by atoms with Crippen molar-refractivity contribution in [3.05, 3.63) is 36.0 Å². The molecule has 0 amide bonds. The van der Waals surface area contributed by atoms with E-state index in [1.165, 1.54) is 0 Å². The molecule has 14 heavy (non-hydrogen) atoms. The summed E-state index contributed by atoms with van der Waals surface area (Å²) in [6.07, 6.45) is 1.69. The van der Waals surface area contributed by atoms with E-state index in [9.17, 15) is 8.78 Å². The molecule has 2 aromatic rings. The third-order valence-corrected chi connectivity index (χ3v) is 2.04. The number of hydrogen-bond acceptors (Lipinski definition) is 1. The van der Waals surface area contributed by atoms with Crippen LogP contribution in [0, 0.1) is 0 Å². The molecule has 0 aliphatic carbocycles. The highest BCUT2D eigenvalue weighted by molar-refractivity contribution is 5.82. The van der Waals surface area contributed by atoms with Gasteiger partial charge in [-0.3, -0.25) is 0 Å². The molecule has 0 unspecified atom stereocenters. The van der Waals surface area contributed by atoms with E-state index in [0.29, 0.717) is 0 Å². The molecule has 0 saturated carbocycles. The van der Waals surface area contributed by atoms with Crippen LogP contribution in [0.2, 0.25) is 0 Å². The van der Waals surface area contributed by atoms with E-state index >= 15 is 0 Å². The lowest BCUT2D eigenvalue weighted by molar-refractivity contribution is -0.136. The highest BCUT2D eigenvalue weighted by atomic mass is 19.3. The Bertz CT molecular complexity index is 425. The second kappa shape index (κ2) is 3.75. The number of hydrogen-bond donors (Lipinski definition) is 1. The Morgan fingerprint density at radius 2 is 2.07 bits per heavy atom. The largest absolute Gasteiger partial charge is 0.361 e. The predicted octanol–water partition coefficient (Wildman–Crippen LogP) is 2.91. The van der Waals surface area contributed by atoms with Crippen LogP contribution in [0.4, 0.5) is 8.78 Å². The molecule has 1 aromatic heterocycles. The molecular weight excluding hydrogens is 188 g/mol. The minimum atomic E-state index is -2.72. The van der Waals surface area contributed by atoms with Gasteiger partial charge in [0, 0.05) is 22.7 Å². The Balaban J connectivity index is 2.25. The molecule has 0 spiro atoms.